The van der Waals surface area contributed by atoms with Crippen molar-refractivity contribution in [2.24, 2.45) is 0 Å². The number of rotatable bonds is 18. The molecule has 1 heterocycles. The molecule has 252 valence electrons. The van der Waals surface area contributed by atoms with Crippen LogP contribution < -0.4 is 29.0 Å². The van der Waals surface area contributed by atoms with Crippen molar-refractivity contribution in [3.8, 4) is 28.7 Å². The number of unbranched alkanes of at least 4 members (excludes halogenated alkanes) is 1. The molecule has 45 heavy (non-hydrogen) atoms. The van der Waals surface area contributed by atoms with Gasteiger partial charge in [-0.15, -0.1) is 0 Å². The second-order valence-electron chi connectivity index (χ2n) is 10.7. The lowest BCUT2D eigenvalue weighted by Crippen LogP contribution is -2.40. The van der Waals surface area contributed by atoms with Gasteiger partial charge in [0.25, 0.3) is 0 Å². The van der Waals surface area contributed by atoms with E-state index in [1.165, 1.54) is 0 Å². The van der Waals surface area contributed by atoms with Gasteiger partial charge < -0.3 is 33.7 Å². The number of methoxy groups -OCH3 is 3. The highest BCUT2D eigenvalue weighted by Crippen LogP contribution is 2.48. The van der Waals surface area contributed by atoms with Gasteiger partial charge in [0.05, 0.1) is 59.0 Å². The van der Waals surface area contributed by atoms with Gasteiger partial charge in [-0.1, -0.05) is 27.2 Å². The van der Waals surface area contributed by atoms with Crippen LogP contribution in [0.2, 0.25) is 0 Å². The number of hydrogen-bond donors (Lipinski definition) is 2. The summed E-state index contributed by atoms with van der Waals surface area (Å²) in [6.45, 7) is 6.32. The maximum absolute atomic E-state index is 13.5. The second-order valence-corrected chi connectivity index (χ2v) is 12.8. The van der Waals surface area contributed by atoms with Crippen LogP contribution in [0.5, 0.6) is 28.7 Å². The number of carbonyl (C=O) groups is 1. The molecular formula is C32H48N2O10S. The van der Waals surface area contributed by atoms with Crippen LogP contribution in [-0.4, -0.2) is 78.1 Å². The van der Waals surface area contributed by atoms with Crippen molar-refractivity contribution in [3.05, 3.63) is 35.4 Å². The summed E-state index contributed by atoms with van der Waals surface area (Å²) >= 11 is 0. The summed E-state index contributed by atoms with van der Waals surface area (Å²) in [7, 11) is 0.935. The average molecular weight is 653 g/mol. The minimum atomic E-state index is -3.72. The number of carbonyl (C=O) groups excluding carboxylic acids is 1. The van der Waals surface area contributed by atoms with Crippen molar-refractivity contribution in [1.82, 2.24) is 10.4 Å². The molecule has 1 aliphatic heterocycles. The molecule has 2 aromatic rings. The summed E-state index contributed by atoms with van der Waals surface area (Å²) in [6, 6.07) is 6.45. The first-order chi connectivity index (χ1) is 21.6. The summed E-state index contributed by atoms with van der Waals surface area (Å²) in [4.78, 5) is 12.2. The molecule has 1 fully saturated rings. The number of urea groups is 1. The zero-order valence-corrected chi connectivity index (χ0v) is 28.0. The molecule has 0 spiro atoms. The highest BCUT2D eigenvalue weighted by molar-refractivity contribution is 7.91. The normalized spacial score (nSPS) is 16.2. The van der Waals surface area contributed by atoms with Crippen LogP contribution in [0.25, 0.3) is 0 Å². The number of ether oxygens (including phenoxy) is 6. The Balaban J connectivity index is 1.92. The molecule has 12 nitrogen and oxygen atoms in total. The SMILES string of the molecule is CCCCN(O)C(=O)NCCOc1cc([C@H]2CC[C@H](c3cc(OC)c(OC)c(OC)c3)O2)cc(S(=O)(=O)CCC)c1OCCC. The van der Waals surface area contributed by atoms with Gasteiger partial charge in [-0.2, -0.15) is 0 Å². The topological polar surface area (TPSA) is 142 Å². The van der Waals surface area contributed by atoms with Gasteiger partial charge in [-0.25, -0.2) is 18.3 Å². The number of hydrogen-bond acceptors (Lipinski definition) is 10. The van der Waals surface area contributed by atoms with Gasteiger partial charge in [-0.05, 0) is 67.5 Å². The van der Waals surface area contributed by atoms with Crippen LogP contribution in [0.1, 0.15) is 82.6 Å². The van der Waals surface area contributed by atoms with Crippen molar-refractivity contribution in [2.75, 3.05) is 53.4 Å². The van der Waals surface area contributed by atoms with Crippen LogP contribution in [0.15, 0.2) is 29.2 Å². The van der Waals surface area contributed by atoms with E-state index in [1.807, 2.05) is 26.0 Å². The molecule has 3 rings (SSSR count). The van der Waals surface area contributed by atoms with Crippen LogP contribution in [0.4, 0.5) is 4.79 Å². The van der Waals surface area contributed by atoms with Crippen LogP contribution in [-0.2, 0) is 14.6 Å². The van der Waals surface area contributed by atoms with Gasteiger partial charge >= 0.3 is 6.03 Å². The Morgan fingerprint density at radius 2 is 1.49 bits per heavy atom. The molecule has 2 atom stereocenters. The number of nitrogens with zero attached hydrogens (tertiary/aromatic N) is 1. The largest absolute Gasteiger partial charge is 0.493 e. The summed E-state index contributed by atoms with van der Waals surface area (Å²) in [6.07, 6.45) is 3.18. The Hall–Kier alpha value is -3.42. The molecule has 13 heteroatoms. The van der Waals surface area contributed by atoms with Gasteiger partial charge in [0.15, 0.2) is 32.8 Å². The van der Waals surface area contributed by atoms with Crippen LogP contribution in [0.3, 0.4) is 0 Å². The third kappa shape index (κ3) is 9.30. The van der Waals surface area contributed by atoms with E-state index >= 15 is 0 Å². The van der Waals surface area contributed by atoms with E-state index in [9.17, 15) is 18.4 Å². The summed E-state index contributed by atoms with van der Waals surface area (Å²) < 4.78 is 62.0. The molecule has 0 unspecified atom stereocenters. The number of sulfone groups is 1. The first-order valence-electron chi connectivity index (χ1n) is 15.5. The summed E-state index contributed by atoms with van der Waals surface area (Å²) in [5.41, 5.74) is 1.49. The standard InChI is InChI=1S/C32H48N2O10S/c1-7-10-14-34(36)32(35)33-13-16-42-28-20-23(21-29(31(28)43-15-8-2)45(37,38)17-9-3)25-12-11-24(44-25)22-18-26(39-4)30(41-6)27(19-22)40-5/h18-21,24-25,36H,7-17H2,1-6H3,(H,33,35)/t24-,25-/m1/s1. The predicted octanol–water partition coefficient (Wildman–Crippen LogP) is 5.86. The Labute approximate surface area is 266 Å². The smallest absolute Gasteiger partial charge is 0.341 e. The Bertz CT molecular complexity index is 1340. The maximum atomic E-state index is 13.5. The number of benzene rings is 2. The predicted molar refractivity (Wildman–Crippen MR) is 169 cm³/mol. The van der Waals surface area contributed by atoms with Crippen LogP contribution >= 0.6 is 0 Å². The molecule has 2 aromatic carbocycles. The third-order valence-electron chi connectivity index (χ3n) is 7.35. The van der Waals surface area contributed by atoms with Gasteiger partial charge in [-0.3, -0.25) is 5.21 Å². The Morgan fingerprint density at radius 1 is 0.867 bits per heavy atom. The lowest BCUT2D eigenvalue weighted by atomic mass is 10.0. The molecule has 0 aliphatic carbocycles. The first kappa shape index (κ1) is 36.1. The fourth-order valence-electron chi connectivity index (χ4n) is 5.08. The Kier molecular flexibility index (Phi) is 13.9. The van der Waals surface area contributed by atoms with Gasteiger partial charge in [0, 0.05) is 0 Å². The zero-order valence-electron chi connectivity index (χ0n) is 27.2. The average Bonchev–Trinajstić information content (AvgIpc) is 3.54. The van der Waals surface area contributed by atoms with E-state index in [4.69, 9.17) is 28.4 Å². The fraction of sp³-hybridized carbons (Fsp3) is 0.594. The highest BCUT2D eigenvalue weighted by Gasteiger charge is 2.33. The van der Waals surface area contributed by atoms with E-state index in [2.05, 4.69) is 5.32 Å². The third-order valence-corrected chi connectivity index (χ3v) is 9.26. The van der Waals surface area contributed by atoms with Crippen molar-refractivity contribution in [1.29, 1.82) is 0 Å². The quantitative estimate of drug-likeness (QED) is 0.114. The second kappa shape index (κ2) is 17.3. The van der Waals surface area contributed by atoms with Gasteiger partial charge in [0.1, 0.15) is 11.5 Å². The lowest BCUT2D eigenvalue weighted by Gasteiger charge is -2.21. The number of hydroxylamine groups is 2. The molecular weight excluding hydrogens is 604 g/mol. The zero-order chi connectivity index (χ0) is 33.0. The maximum Gasteiger partial charge on any atom is 0.341 e. The van der Waals surface area contributed by atoms with Crippen molar-refractivity contribution in [2.45, 2.75) is 76.4 Å². The summed E-state index contributed by atoms with van der Waals surface area (Å²) in [5.74, 6) is 1.85. The minimum Gasteiger partial charge on any atom is -0.493 e. The molecule has 0 aromatic heterocycles. The molecule has 1 saturated heterocycles. The molecule has 0 bridgehead atoms. The van der Waals surface area contributed by atoms with E-state index in [1.54, 1.807) is 40.4 Å². The number of nitrogens with one attached hydrogen (secondary N) is 1. The fourth-order valence-corrected chi connectivity index (χ4v) is 6.60. The monoisotopic (exact) mass is 652 g/mol. The number of amides is 2. The molecule has 2 N–H and O–H groups in total. The van der Waals surface area contributed by atoms with E-state index < -0.39 is 22.0 Å². The summed E-state index contributed by atoms with van der Waals surface area (Å²) in [5, 5.41) is 13.1. The Morgan fingerprint density at radius 3 is 2.04 bits per heavy atom. The van der Waals surface area contributed by atoms with Crippen molar-refractivity contribution < 1.29 is 46.8 Å². The van der Waals surface area contributed by atoms with E-state index in [0.717, 1.165) is 12.0 Å². The van der Waals surface area contributed by atoms with Crippen molar-refractivity contribution >= 4 is 15.9 Å². The molecule has 1 aliphatic rings. The minimum absolute atomic E-state index is 0.0200. The molecule has 0 radical (unpaired) electrons. The van der Waals surface area contributed by atoms with Gasteiger partial charge in [0.2, 0.25) is 5.75 Å². The molecule has 0 saturated carbocycles. The van der Waals surface area contributed by atoms with E-state index in [0.29, 0.717) is 66.6 Å². The van der Waals surface area contributed by atoms with Crippen LogP contribution in [0, 0.1) is 0 Å². The highest BCUT2D eigenvalue weighted by atomic mass is 32.2. The van der Waals surface area contributed by atoms with E-state index in [-0.39, 0.29) is 47.9 Å². The lowest BCUT2D eigenvalue weighted by molar-refractivity contribution is -0.0439. The molecule has 2 amide bonds. The van der Waals surface area contributed by atoms with Crippen molar-refractivity contribution in [3.63, 3.8) is 0 Å². The first-order valence-corrected chi connectivity index (χ1v) is 17.1.